The summed E-state index contributed by atoms with van der Waals surface area (Å²) >= 11 is 3.03. The summed E-state index contributed by atoms with van der Waals surface area (Å²) in [6.07, 6.45) is 0. The zero-order chi connectivity index (χ0) is 20.0. The molecule has 5 N–H and O–H groups in total. The van der Waals surface area contributed by atoms with Gasteiger partial charge in [-0.2, -0.15) is 5.26 Å². The molecule has 6 nitrogen and oxygen atoms in total. The molecular weight excluding hydrogens is 400 g/mol. The third-order valence-electron chi connectivity index (χ3n) is 4.54. The molecule has 5 rings (SSSR count). The van der Waals surface area contributed by atoms with Crippen molar-refractivity contribution in [1.82, 2.24) is 9.97 Å². The van der Waals surface area contributed by atoms with Gasteiger partial charge in [-0.3, -0.25) is 0 Å². The maximum absolute atomic E-state index is 9.41. The first kappa shape index (κ1) is 17.4. The first-order chi connectivity index (χ1) is 14.2. The van der Waals surface area contributed by atoms with Crippen molar-refractivity contribution in [3.8, 4) is 16.6 Å². The average Bonchev–Trinajstić information content (AvgIpc) is 3.30. The van der Waals surface area contributed by atoms with Gasteiger partial charge in [0.15, 0.2) is 0 Å². The number of aromatic nitrogens is 2. The van der Waals surface area contributed by atoms with Crippen LogP contribution in [0, 0.1) is 11.3 Å². The fourth-order valence-corrected chi connectivity index (χ4v) is 5.38. The molecule has 0 unspecified atom stereocenters. The highest BCUT2D eigenvalue weighted by atomic mass is 32.1. The molecule has 0 aliphatic rings. The lowest BCUT2D eigenvalue weighted by atomic mass is 10.1. The second kappa shape index (κ2) is 6.74. The lowest BCUT2D eigenvalue weighted by Gasteiger charge is -2.06. The summed E-state index contributed by atoms with van der Waals surface area (Å²) in [5.41, 5.74) is 16.2. The van der Waals surface area contributed by atoms with E-state index in [0.717, 1.165) is 36.2 Å². The van der Waals surface area contributed by atoms with E-state index in [-0.39, 0.29) is 11.4 Å². The molecule has 0 saturated carbocycles. The van der Waals surface area contributed by atoms with Gasteiger partial charge in [-0.05, 0) is 24.3 Å². The maximum atomic E-state index is 9.41. The van der Waals surface area contributed by atoms with E-state index >= 15 is 0 Å². The summed E-state index contributed by atoms with van der Waals surface area (Å²) in [7, 11) is 0. The minimum absolute atomic E-state index is 0.129. The molecule has 0 radical (unpaired) electrons. The molecule has 3 heterocycles. The first-order valence-electron chi connectivity index (χ1n) is 8.75. The lowest BCUT2D eigenvalue weighted by Crippen LogP contribution is -2.00. The Bertz CT molecular complexity index is 1380. The van der Waals surface area contributed by atoms with E-state index in [2.05, 4.69) is 16.4 Å². The number of thiazole rings is 1. The van der Waals surface area contributed by atoms with Crippen LogP contribution in [0.25, 0.3) is 31.0 Å². The maximum Gasteiger partial charge on any atom is 0.144 e. The van der Waals surface area contributed by atoms with Gasteiger partial charge < -0.3 is 16.8 Å². The van der Waals surface area contributed by atoms with Crippen LogP contribution in [0.1, 0.15) is 5.56 Å². The highest BCUT2D eigenvalue weighted by Crippen LogP contribution is 2.48. The second-order valence-corrected chi connectivity index (χ2v) is 8.41. The molecule has 0 bridgehead atoms. The average molecular weight is 415 g/mol. The number of pyridine rings is 1. The molecule has 0 amide bonds. The Hall–Kier alpha value is -3.67. The Morgan fingerprint density at radius 1 is 0.931 bits per heavy atom. The van der Waals surface area contributed by atoms with Gasteiger partial charge in [0.05, 0.1) is 31.7 Å². The number of nitriles is 1. The fourth-order valence-electron chi connectivity index (χ4n) is 3.18. The number of hydrogen-bond donors (Lipinski definition) is 3. The number of benzene rings is 2. The van der Waals surface area contributed by atoms with Crippen molar-refractivity contribution in [3.63, 3.8) is 0 Å². The molecule has 0 aliphatic carbocycles. The molecule has 0 saturated heterocycles. The van der Waals surface area contributed by atoms with Crippen molar-refractivity contribution < 1.29 is 0 Å². The predicted octanol–water partition coefficient (Wildman–Crippen LogP) is 5.35. The standard InChI is InChI=1S/C21H14N6S2/c22-10-12-16(23)18-17(27-19(12)24)15(20(29-18)25-11-6-2-1-3-7-11)21-26-13-8-4-5-9-14(13)28-21/h1-9,25H,(H4,23,24,27). The van der Waals surface area contributed by atoms with E-state index in [1.807, 2.05) is 54.6 Å². The van der Waals surface area contributed by atoms with E-state index < -0.39 is 0 Å². The van der Waals surface area contributed by atoms with Gasteiger partial charge in [-0.25, -0.2) is 9.97 Å². The smallest absolute Gasteiger partial charge is 0.144 e. The number of nitrogens with one attached hydrogen (secondary N) is 1. The summed E-state index contributed by atoms with van der Waals surface area (Å²) in [4.78, 5) is 9.34. The lowest BCUT2D eigenvalue weighted by molar-refractivity contribution is 1.38. The Balaban J connectivity index is 1.81. The molecule has 29 heavy (non-hydrogen) atoms. The summed E-state index contributed by atoms with van der Waals surface area (Å²) < 4.78 is 1.81. The third-order valence-corrected chi connectivity index (χ3v) is 6.72. The molecule has 0 spiro atoms. The molecule has 0 atom stereocenters. The second-order valence-electron chi connectivity index (χ2n) is 6.36. The van der Waals surface area contributed by atoms with Gasteiger partial charge in [-0.1, -0.05) is 30.3 Å². The SMILES string of the molecule is N#Cc1c(N)nc2c(-c3nc4ccccc4s3)c(Nc3ccccc3)sc2c1N. The van der Waals surface area contributed by atoms with Gasteiger partial charge in [-0.15, -0.1) is 22.7 Å². The number of para-hydroxylation sites is 2. The van der Waals surface area contributed by atoms with Gasteiger partial charge >= 0.3 is 0 Å². The van der Waals surface area contributed by atoms with Crippen LogP contribution in [0.4, 0.5) is 22.2 Å². The van der Waals surface area contributed by atoms with Gasteiger partial charge in [0, 0.05) is 5.69 Å². The van der Waals surface area contributed by atoms with Crippen LogP contribution in [-0.2, 0) is 0 Å². The minimum atomic E-state index is 0.129. The summed E-state index contributed by atoms with van der Waals surface area (Å²) in [6.45, 7) is 0. The minimum Gasteiger partial charge on any atom is -0.396 e. The molecule has 5 aromatic rings. The Morgan fingerprint density at radius 2 is 1.69 bits per heavy atom. The van der Waals surface area contributed by atoms with Crippen LogP contribution >= 0.6 is 22.7 Å². The predicted molar refractivity (Wildman–Crippen MR) is 121 cm³/mol. The van der Waals surface area contributed by atoms with Crippen molar-refractivity contribution >= 4 is 65.3 Å². The van der Waals surface area contributed by atoms with E-state index in [0.29, 0.717) is 11.2 Å². The molecule has 2 aromatic carbocycles. The molecule has 0 fully saturated rings. The van der Waals surface area contributed by atoms with Crippen LogP contribution in [0.5, 0.6) is 0 Å². The number of nitrogens with two attached hydrogens (primary N) is 2. The van der Waals surface area contributed by atoms with Crippen molar-refractivity contribution in [2.24, 2.45) is 0 Å². The molecule has 0 aliphatic heterocycles. The quantitative estimate of drug-likeness (QED) is 0.366. The Morgan fingerprint density at radius 3 is 2.45 bits per heavy atom. The van der Waals surface area contributed by atoms with E-state index in [1.165, 1.54) is 11.3 Å². The number of thiophene rings is 1. The highest BCUT2D eigenvalue weighted by Gasteiger charge is 2.23. The van der Waals surface area contributed by atoms with Crippen LogP contribution in [-0.4, -0.2) is 9.97 Å². The molecule has 8 heteroatoms. The number of nitrogen functional groups attached to an aromatic ring is 2. The van der Waals surface area contributed by atoms with Gasteiger partial charge in [0.2, 0.25) is 0 Å². The highest BCUT2D eigenvalue weighted by molar-refractivity contribution is 7.26. The van der Waals surface area contributed by atoms with Crippen molar-refractivity contribution in [3.05, 3.63) is 60.2 Å². The molecule has 140 valence electrons. The summed E-state index contributed by atoms with van der Waals surface area (Å²) in [5.74, 6) is 0.129. The van der Waals surface area contributed by atoms with Crippen LogP contribution in [0.15, 0.2) is 54.6 Å². The van der Waals surface area contributed by atoms with Crippen LogP contribution in [0.3, 0.4) is 0 Å². The number of rotatable bonds is 3. The van der Waals surface area contributed by atoms with Crippen LogP contribution < -0.4 is 16.8 Å². The van der Waals surface area contributed by atoms with Crippen molar-refractivity contribution in [2.45, 2.75) is 0 Å². The Kier molecular flexibility index (Phi) is 4.05. The van der Waals surface area contributed by atoms with Gasteiger partial charge in [0.25, 0.3) is 0 Å². The van der Waals surface area contributed by atoms with E-state index in [9.17, 15) is 5.26 Å². The normalized spacial score (nSPS) is 11.0. The fraction of sp³-hybridized carbons (Fsp3) is 0. The number of fused-ring (bicyclic) bond motifs is 2. The number of nitrogens with zero attached hydrogens (tertiary/aromatic N) is 3. The third kappa shape index (κ3) is 2.84. The molecular formula is C21H14N6S2. The van der Waals surface area contributed by atoms with Crippen molar-refractivity contribution in [2.75, 3.05) is 16.8 Å². The zero-order valence-corrected chi connectivity index (χ0v) is 16.6. The van der Waals surface area contributed by atoms with Gasteiger partial charge in [0.1, 0.15) is 27.5 Å². The zero-order valence-electron chi connectivity index (χ0n) is 15.0. The van der Waals surface area contributed by atoms with E-state index in [1.54, 1.807) is 11.3 Å². The van der Waals surface area contributed by atoms with Crippen molar-refractivity contribution in [1.29, 1.82) is 5.26 Å². The largest absolute Gasteiger partial charge is 0.396 e. The number of anilines is 4. The van der Waals surface area contributed by atoms with E-state index in [4.69, 9.17) is 16.5 Å². The summed E-state index contributed by atoms with van der Waals surface area (Å²) in [6, 6.07) is 19.9. The molecule has 3 aromatic heterocycles. The topological polar surface area (TPSA) is 114 Å². The first-order valence-corrected chi connectivity index (χ1v) is 10.4. The number of hydrogen-bond acceptors (Lipinski definition) is 8. The summed E-state index contributed by atoms with van der Waals surface area (Å²) in [5, 5.41) is 14.6. The Labute approximate surface area is 174 Å². The monoisotopic (exact) mass is 414 g/mol. The van der Waals surface area contributed by atoms with Crippen LogP contribution in [0.2, 0.25) is 0 Å².